The zero-order valence-electron chi connectivity index (χ0n) is 11.7. The Bertz CT molecular complexity index is 819. The lowest BCUT2D eigenvalue weighted by Crippen LogP contribution is -2.39. The summed E-state index contributed by atoms with van der Waals surface area (Å²) in [4.78, 5) is 34.0. The van der Waals surface area contributed by atoms with Crippen molar-refractivity contribution in [2.75, 3.05) is 5.32 Å². The SMILES string of the molecule is O=CNc1cc(C=O)n2c1C(c1cc(F)ccc1Cl)NC(=O)C2. The van der Waals surface area contributed by atoms with Crippen molar-refractivity contribution < 1.29 is 18.8 Å². The third-order valence-electron chi connectivity index (χ3n) is 3.66. The number of fused-ring (bicyclic) bond motifs is 1. The second kappa shape index (κ2) is 5.85. The summed E-state index contributed by atoms with van der Waals surface area (Å²) in [6.45, 7) is -0.0760. The molecule has 6 nitrogen and oxygen atoms in total. The molecule has 8 heteroatoms. The maximum atomic E-state index is 13.6. The fraction of sp³-hybridized carbons (Fsp3) is 0.133. The summed E-state index contributed by atoms with van der Waals surface area (Å²) >= 11 is 6.13. The number of nitrogens with one attached hydrogen (secondary N) is 2. The number of benzene rings is 1. The van der Waals surface area contributed by atoms with Crippen molar-refractivity contribution in [1.29, 1.82) is 0 Å². The minimum absolute atomic E-state index is 0.0760. The van der Waals surface area contributed by atoms with Crippen LogP contribution in [0.1, 0.15) is 27.8 Å². The number of amides is 2. The van der Waals surface area contributed by atoms with Gasteiger partial charge in [-0.25, -0.2) is 4.39 Å². The number of hydrogen-bond acceptors (Lipinski definition) is 3. The van der Waals surface area contributed by atoms with Crippen molar-refractivity contribution in [3.63, 3.8) is 0 Å². The first kappa shape index (κ1) is 15.2. The van der Waals surface area contributed by atoms with Gasteiger partial charge >= 0.3 is 0 Å². The van der Waals surface area contributed by atoms with Crippen LogP contribution < -0.4 is 10.6 Å². The maximum Gasteiger partial charge on any atom is 0.240 e. The Morgan fingerprint density at radius 2 is 2.13 bits per heavy atom. The number of aldehydes is 1. The van der Waals surface area contributed by atoms with Gasteiger partial charge in [0, 0.05) is 10.6 Å². The zero-order chi connectivity index (χ0) is 16.6. The Balaban J connectivity index is 2.23. The van der Waals surface area contributed by atoms with E-state index in [9.17, 15) is 18.8 Å². The molecule has 2 aromatic rings. The van der Waals surface area contributed by atoms with Gasteiger partial charge < -0.3 is 15.2 Å². The molecule has 1 aromatic heterocycles. The molecule has 0 bridgehead atoms. The van der Waals surface area contributed by atoms with Crippen LogP contribution in [0.25, 0.3) is 0 Å². The van der Waals surface area contributed by atoms with Gasteiger partial charge in [0.1, 0.15) is 12.4 Å². The third kappa shape index (κ3) is 2.59. The lowest BCUT2D eigenvalue weighted by atomic mass is 10.0. The number of anilines is 1. The largest absolute Gasteiger partial charge is 0.342 e. The monoisotopic (exact) mass is 335 g/mol. The van der Waals surface area contributed by atoms with Crippen LogP contribution in [0.4, 0.5) is 10.1 Å². The van der Waals surface area contributed by atoms with Gasteiger partial charge in [0.2, 0.25) is 12.3 Å². The Morgan fingerprint density at radius 1 is 1.35 bits per heavy atom. The number of nitrogens with zero attached hydrogens (tertiary/aromatic N) is 1. The van der Waals surface area contributed by atoms with Crippen LogP contribution in [-0.4, -0.2) is 23.2 Å². The highest BCUT2D eigenvalue weighted by molar-refractivity contribution is 6.31. The average molecular weight is 336 g/mol. The van der Waals surface area contributed by atoms with Crippen molar-refractivity contribution in [2.45, 2.75) is 12.6 Å². The molecule has 1 unspecified atom stereocenters. The molecule has 0 fully saturated rings. The Kier molecular flexibility index (Phi) is 3.87. The molecule has 3 rings (SSSR count). The summed E-state index contributed by atoms with van der Waals surface area (Å²) in [5, 5.41) is 5.46. The second-order valence-electron chi connectivity index (χ2n) is 5.00. The fourth-order valence-corrected chi connectivity index (χ4v) is 2.95. The second-order valence-corrected chi connectivity index (χ2v) is 5.41. The van der Waals surface area contributed by atoms with Crippen molar-refractivity contribution in [2.24, 2.45) is 0 Å². The van der Waals surface area contributed by atoms with Gasteiger partial charge in [-0.3, -0.25) is 14.4 Å². The molecule has 1 atom stereocenters. The number of hydrogen-bond donors (Lipinski definition) is 2. The predicted octanol–water partition coefficient (Wildman–Crippen LogP) is 1.88. The highest BCUT2D eigenvalue weighted by atomic mass is 35.5. The molecule has 2 heterocycles. The first-order chi connectivity index (χ1) is 11.0. The Morgan fingerprint density at radius 3 is 2.83 bits per heavy atom. The van der Waals surface area contributed by atoms with Crippen LogP contribution in [0.15, 0.2) is 24.3 Å². The normalized spacial score (nSPS) is 16.4. The van der Waals surface area contributed by atoms with Crippen LogP contribution in [0.5, 0.6) is 0 Å². The Labute approximate surface area is 135 Å². The number of halogens is 2. The predicted molar refractivity (Wildman–Crippen MR) is 80.9 cm³/mol. The van der Waals surface area contributed by atoms with Gasteiger partial charge in [-0.15, -0.1) is 0 Å². The van der Waals surface area contributed by atoms with Crippen molar-refractivity contribution in [3.05, 3.63) is 52.1 Å². The van der Waals surface area contributed by atoms with Gasteiger partial charge in [-0.2, -0.15) is 0 Å². The number of carbonyl (C=O) groups is 3. The highest BCUT2D eigenvalue weighted by Crippen LogP contribution is 2.36. The standard InChI is InChI=1S/C15H11ClFN3O3/c16-11-2-1-8(17)3-10(11)14-15-12(18-7-22)4-9(6-21)20(15)5-13(23)19-14/h1-4,6-7,14H,5H2,(H,18,22)(H,19,23). The van der Waals surface area contributed by atoms with Crippen molar-refractivity contribution in [3.8, 4) is 0 Å². The highest BCUT2D eigenvalue weighted by Gasteiger charge is 2.32. The van der Waals surface area contributed by atoms with E-state index < -0.39 is 11.9 Å². The molecule has 0 saturated heterocycles. The molecule has 2 amide bonds. The van der Waals surface area contributed by atoms with Crippen LogP contribution in [0.3, 0.4) is 0 Å². The summed E-state index contributed by atoms with van der Waals surface area (Å²) in [5.74, 6) is -0.859. The van der Waals surface area contributed by atoms with Gasteiger partial charge in [0.25, 0.3) is 0 Å². The lowest BCUT2D eigenvalue weighted by molar-refractivity contribution is -0.123. The summed E-state index contributed by atoms with van der Waals surface area (Å²) in [6, 6.07) is 4.47. The van der Waals surface area contributed by atoms with E-state index in [0.717, 1.165) is 0 Å². The lowest BCUT2D eigenvalue weighted by Gasteiger charge is -2.28. The Hall–Kier alpha value is -2.67. The first-order valence-corrected chi connectivity index (χ1v) is 7.06. The molecule has 0 saturated carbocycles. The molecule has 0 aliphatic carbocycles. The molecule has 23 heavy (non-hydrogen) atoms. The minimum atomic E-state index is -0.782. The molecule has 1 aliphatic rings. The molecule has 1 aliphatic heterocycles. The quantitative estimate of drug-likeness (QED) is 0.837. The van der Waals surface area contributed by atoms with E-state index in [1.165, 1.54) is 28.8 Å². The maximum absolute atomic E-state index is 13.6. The van der Waals surface area contributed by atoms with Crippen molar-refractivity contribution >= 4 is 35.9 Å². The molecule has 0 radical (unpaired) electrons. The van der Waals surface area contributed by atoms with Crippen LogP contribution in [0, 0.1) is 5.82 Å². The van der Waals surface area contributed by atoms with Crippen LogP contribution >= 0.6 is 11.6 Å². The molecular formula is C15H11ClFN3O3. The van der Waals surface area contributed by atoms with Gasteiger partial charge in [-0.05, 0) is 24.3 Å². The molecular weight excluding hydrogens is 325 g/mol. The smallest absolute Gasteiger partial charge is 0.240 e. The van der Waals surface area contributed by atoms with E-state index in [0.29, 0.717) is 29.6 Å². The zero-order valence-corrected chi connectivity index (χ0v) is 12.4. The number of rotatable bonds is 4. The van der Waals surface area contributed by atoms with E-state index in [2.05, 4.69) is 10.6 Å². The minimum Gasteiger partial charge on any atom is -0.342 e. The summed E-state index contributed by atoms with van der Waals surface area (Å²) < 4.78 is 15.1. The summed E-state index contributed by atoms with van der Waals surface area (Å²) in [5.41, 5.74) is 1.39. The molecule has 118 valence electrons. The number of carbonyl (C=O) groups excluding carboxylic acids is 3. The average Bonchev–Trinajstić information content (AvgIpc) is 2.87. The molecule has 1 aromatic carbocycles. The van der Waals surface area contributed by atoms with Gasteiger partial charge in [-0.1, -0.05) is 11.6 Å². The van der Waals surface area contributed by atoms with Gasteiger partial charge in [0.15, 0.2) is 6.29 Å². The van der Waals surface area contributed by atoms with Crippen LogP contribution in [-0.2, 0) is 16.1 Å². The van der Waals surface area contributed by atoms with E-state index in [1.54, 1.807) is 0 Å². The number of aromatic nitrogens is 1. The summed E-state index contributed by atoms with van der Waals surface area (Å²) in [6.07, 6.45) is 1.05. The molecule has 2 N–H and O–H groups in total. The van der Waals surface area contributed by atoms with E-state index in [1.807, 2.05) is 0 Å². The van der Waals surface area contributed by atoms with Gasteiger partial charge in [0.05, 0.1) is 23.1 Å². The van der Waals surface area contributed by atoms with E-state index in [-0.39, 0.29) is 23.2 Å². The molecule has 0 spiro atoms. The first-order valence-electron chi connectivity index (χ1n) is 6.68. The van der Waals surface area contributed by atoms with E-state index >= 15 is 0 Å². The third-order valence-corrected chi connectivity index (χ3v) is 4.00. The van der Waals surface area contributed by atoms with Crippen LogP contribution in [0.2, 0.25) is 5.02 Å². The topological polar surface area (TPSA) is 80.2 Å². The fourth-order valence-electron chi connectivity index (χ4n) is 2.73. The summed E-state index contributed by atoms with van der Waals surface area (Å²) in [7, 11) is 0. The van der Waals surface area contributed by atoms with Crippen molar-refractivity contribution in [1.82, 2.24) is 9.88 Å². The van der Waals surface area contributed by atoms with E-state index in [4.69, 9.17) is 11.6 Å².